The number of rotatable bonds is 3. The zero-order valence-corrected chi connectivity index (χ0v) is 9.28. The summed E-state index contributed by atoms with van der Waals surface area (Å²) in [6.07, 6.45) is 3.07. The first kappa shape index (κ1) is 10.6. The van der Waals surface area contributed by atoms with Crippen molar-refractivity contribution < 1.29 is 9.90 Å². The molecule has 2 rings (SSSR count). The number of anilines is 2. The first-order chi connectivity index (χ1) is 7.65. The second-order valence-electron chi connectivity index (χ2n) is 3.14. The molecule has 5 nitrogen and oxygen atoms in total. The molecule has 2 heterocycles. The Kier molecular flexibility index (Phi) is 2.82. The maximum absolute atomic E-state index is 10.6. The highest BCUT2D eigenvalue weighted by Crippen LogP contribution is 2.20. The largest absolute Gasteiger partial charge is 0.478 e. The minimum atomic E-state index is -0.982. The molecule has 0 saturated heterocycles. The lowest BCUT2D eigenvalue weighted by Crippen LogP contribution is -1.98. The summed E-state index contributed by atoms with van der Waals surface area (Å²) in [7, 11) is 0. The van der Waals surface area contributed by atoms with Crippen molar-refractivity contribution in [2.24, 2.45) is 0 Å². The van der Waals surface area contributed by atoms with Crippen LogP contribution < -0.4 is 5.32 Å². The molecule has 2 N–H and O–H groups in total. The standard InChI is InChI=1S/C10H9N3O2S/c1-6-4-12-10(16-6)13-8-3-2-7(5-11-8)9(14)15/h2-5H,1H3,(H,14,15)(H,11,12,13). The van der Waals surface area contributed by atoms with Crippen LogP contribution in [0.4, 0.5) is 10.9 Å². The second-order valence-corrected chi connectivity index (χ2v) is 4.37. The van der Waals surface area contributed by atoms with Crippen molar-refractivity contribution in [3.8, 4) is 0 Å². The highest BCUT2D eigenvalue weighted by atomic mass is 32.1. The van der Waals surface area contributed by atoms with Crippen molar-refractivity contribution in [3.05, 3.63) is 35.0 Å². The average molecular weight is 235 g/mol. The van der Waals surface area contributed by atoms with E-state index in [0.717, 1.165) is 10.0 Å². The quantitative estimate of drug-likeness (QED) is 0.853. The third kappa shape index (κ3) is 2.34. The van der Waals surface area contributed by atoms with Crippen LogP contribution in [0.15, 0.2) is 24.5 Å². The Morgan fingerprint density at radius 2 is 2.19 bits per heavy atom. The van der Waals surface area contributed by atoms with E-state index in [4.69, 9.17) is 5.11 Å². The van der Waals surface area contributed by atoms with E-state index in [0.29, 0.717) is 5.82 Å². The molecule has 0 amide bonds. The van der Waals surface area contributed by atoms with Gasteiger partial charge < -0.3 is 10.4 Å². The molecule has 0 saturated carbocycles. The number of nitrogens with one attached hydrogen (secondary N) is 1. The molecule has 0 fully saturated rings. The third-order valence-corrected chi connectivity index (χ3v) is 2.69. The van der Waals surface area contributed by atoms with Gasteiger partial charge in [-0.25, -0.2) is 14.8 Å². The Morgan fingerprint density at radius 3 is 2.69 bits per heavy atom. The van der Waals surface area contributed by atoms with Gasteiger partial charge in [-0.2, -0.15) is 0 Å². The van der Waals surface area contributed by atoms with E-state index in [-0.39, 0.29) is 5.56 Å². The van der Waals surface area contributed by atoms with Crippen molar-refractivity contribution in [2.75, 3.05) is 5.32 Å². The maximum Gasteiger partial charge on any atom is 0.337 e. The van der Waals surface area contributed by atoms with Crippen LogP contribution in [0, 0.1) is 6.92 Å². The van der Waals surface area contributed by atoms with Gasteiger partial charge >= 0.3 is 5.97 Å². The molecule has 0 spiro atoms. The molecular formula is C10H9N3O2S. The highest BCUT2D eigenvalue weighted by molar-refractivity contribution is 7.15. The van der Waals surface area contributed by atoms with E-state index in [9.17, 15) is 4.79 Å². The smallest absolute Gasteiger partial charge is 0.337 e. The Bertz CT molecular complexity index is 507. The predicted octanol–water partition coefficient (Wildman–Crippen LogP) is 2.29. The lowest BCUT2D eigenvalue weighted by molar-refractivity contribution is 0.0696. The summed E-state index contributed by atoms with van der Waals surface area (Å²) >= 11 is 1.51. The second kappa shape index (κ2) is 4.28. The van der Waals surface area contributed by atoms with Gasteiger partial charge in [-0.15, -0.1) is 11.3 Å². The zero-order valence-electron chi connectivity index (χ0n) is 8.47. The fraction of sp³-hybridized carbons (Fsp3) is 0.100. The van der Waals surface area contributed by atoms with Crippen LogP contribution in [0.1, 0.15) is 15.2 Å². The number of aryl methyl sites for hydroxylation is 1. The van der Waals surface area contributed by atoms with E-state index < -0.39 is 5.97 Å². The summed E-state index contributed by atoms with van der Waals surface area (Å²) in [5.41, 5.74) is 0.167. The van der Waals surface area contributed by atoms with Crippen LogP contribution in [0.2, 0.25) is 0 Å². The van der Waals surface area contributed by atoms with E-state index in [1.54, 1.807) is 12.3 Å². The van der Waals surface area contributed by atoms with Crippen molar-refractivity contribution in [1.82, 2.24) is 9.97 Å². The molecule has 0 aliphatic carbocycles. The lowest BCUT2D eigenvalue weighted by Gasteiger charge is -2.01. The molecule has 0 unspecified atom stereocenters. The van der Waals surface area contributed by atoms with Crippen LogP contribution in [-0.2, 0) is 0 Å². The Morgan fingerprint density at radius 1 is 1.38 bits per heavy atom. The summed E-state index contributed by atoms with van der Waals surface area (Å²) in [6, 6.07) is 3.11. The van der Waals surface area contributed by atoms with Crippen LogP contribution in [0.25, 0.3) is 0 Å². The Hall–Kier alpha value is -1.95. The van der Waals surface area contributed by atoms with E-state index in [2.05, 4.69) is 15.3 Å². The Balaban J connectivity index is 2.14. The molecule has 0 aromatic carbocycles. The average Bonchev–Trinajstić information content (AvgIpc) is 2.65. The number of aromatic nitrogens is 2. The lowest BCUT2D eigenvalue weighted by atomic mass is 10.3. The topological polar surface area (TPSA) is 75.1 Å². The predicted molar refractivity (Wildman–Crippen MR) is 61.3 cm³/mol. The van der Waals surface area contributed by atoms with Crippen molar-refractivity contribution in [2.45, 2.75) is 6.92 Å². The maximum atomic E-state index is 10.6. The number of hydrogen-bond donors (Lipinski definition) is 2. The van der Waals surface area contributed by atoms with Gasteiger partial charge in [0.05, 0.1) is 5.56 Å². The van der Waals surface area contributed by atoms with Gasteiger partial charge in [0.2, 0.25) is 0 Å². The SMILES string of the molecule is Cc1cnc(Nc2ccc(C(=O)O)cn2)s1. The zero-order chi connectivity index (χ0) is 11.5. The third-order valence-electron chi connectivity index (χ3n) is 1.87. The van der Waals surface area contributed by atoms with Gasteiger partial charge in [0, 0.05) is 17.3 Å². The summed E-state index contributed by atoms with van der Waals surface area (Å²) in [5, 5.41) is 12.4. The van der Waals surface area contributed by atoms with Gasteiger partial charge in [0.15, 0.2) is 5.13 Å². The highest BCUT2D eigenvalue weighted by Gasteiger charge is 2.04. The first-order valence-corrected chi connectivity index (χ1v) is 5.35. The fourth-order valence-electron chi connectivity index (χ4n) is 1.12. The van der Waals surface area contributed by atoms with Crippen molar-refractivity contribution in [3.63, 3.8) is 0 Å². The summed E-state index contributed by atoms with van der Waals surface area (Å²) in [5.74, 6) is -0.400. The normalized spacial score (nSPS) is 10.1. The molecular weight excluding hydrogens is 226 g/mol. The van der Waals surface area contributed by atoms with Gasteiger partial charge in [-0.05, 0) is 19.1 Å². The number of pyridine rings is 1. The van der Waals surface area contributed by atoms with E-state index >= 15 is 0 Å². The molecule has 0 aliphatic heterocycles. The molecule has 0 radical (unpaired) electrons. The van der Waals surface area contributed by atoms with Crippen LogP contribution >= 0.6 is 11.3 Å². The monoisotopic (exact) mass is 235 g/mol. The van der Waals surface area contributed by atoms with Crippen molar-refractivity contribution in [1.29, 1.82) is 0 Å². The minimum Gasteiger partial charge on any atom is -0.478 e. The number of thiazole rings is 1. The molecule has 6 heteroatoms. The molecule has 0 aliphatic rings. The molecule has 82 valence electrons. The van der Waals surface area contributed by atoms with E-state index in [1.165, 1.54) is 23.6 Å². The van der Waals surface area contributed by atoms with Gasteiger partial charge in [-0.1, -0.05) is 0 Å². The van der Waals surface area contributed by atoms with Crippen LogP contribution in [0.5, 0.6) is 0 Å². The molecule has 2 aromatic heterocycles. The number of carboxylic acids is 1. The van der Waals surface area contributed by atoms with Gasteiger partial charge in [0.1, 0.15) is 5.82 Å². The Labute approximate surface area is 95.8 Å². The van der Waals surface area contributed by atoms with E-state index in [1.807, 2.05) is 6.92 Å². The summed E-state index contributed by atoms with van der Waals surface area (Å²) in [4.78, 5) is 19.8. The van der Waals surface area contributed by atoms with Gasteiger partial charge in [0.25, 0.3) is 0 Å². The van der Waals surface area contributed by atoms with Gasteiger partial charge in [-0.3, -0.25) is 0 Å². The first-order valence-electron chi connectivity index (χ1n) is 4.54. The molecule has 16 heavy (non-hydrogen) atoms. The number of hydrogen-bond acceptors (Lipinski definition) is 5. The van der Waals surface area contributed by atoms with Crippen LogP contribution in [-0.4, -0.2) is 21.0 Å². The van der Waals surface area contributed by atoms with Crippen LogP contribution in [0.3, 0.4) is 0 Å². The molecule has 2 aromatic rings. The molecule has 0 atom stereocenters. The number of nitrogens with zero attached hydrogens (tertiary/aromatic N) is 2. The summed E-state index contributed by atoms with van der Waals surface area (Å²) < 4.78 is 0. The fourth-order valence-corrected chi connectivity index (χ4v) is 1.79. The number of carboxylic acid groups (broad SMARTS) is 1. The molecule has 0 bridgehead atoms. The number of aromatic carboxylic acids is 1. The summed E-state index contributed by atoms with van der Waals surface area (Å²) in [6.45, 7) is 1.96. The minimum absolute atomic E-state index is 0.167. The number of carbonyl (C=O) groups is 1. The van der Waals surface area contributed by atoms with Crippen molar-refractivity contribution >= 4 is 28.3 Å².